The topological polar surface area (TPSA) is 50.4 Å². The van der Waals surface area contributed by atoms with Crippen molar-refractivity contribution >= 4 is 18.3 Å². The highest BCUT2D eigenvalue weighted by molar-refractivity contribution is 5.85. The average molecular weight is 271 g/mol. The number of nitrogens with one attached hydrogen (secondary N) is 2. The Hall–Kier alpha value is -1.26. The van der Waals surface area contributed by atoms with Gasteiger partial charge in [0.1, 0.15) is 5.75 Å². The Balaban J connectivity index is 0.00000162. The molecule has 0 atom stereocenters. The molecule has 1 aliphatic heterocycles. The summed E-state index contributed by atoms with van der Waals surface area (Å²) in [5, 5.41) is 5.99. The molecule has 4 nitrogen and oxygen atoms in total. The van der Waals surface area contributed by atoms with E-state index in [1.807, 2.05) is 30.3 Å². The van der Waals surface area contributed by atoms with E-state index < -0.39 is 0 Å². The number of hydrogen-bond donors (Lipinski definition) is 2. The minimum Gasteiger partial charge on any atom is -0.494 e. The lowest BCUT2D eigenvalue weighted by molar-refractivity contribution is -0.126. The van der Waals surface area contributed by atoms with Gasteiger partial charge in [0, 0.05) is 19.6 Å². The molecular formula is C13H19ClN2O2. The molecule has 0 bridgehead atoms. The van der Waals surface area contributed by atoms with Crippen molar-refractivity contribution in [2.75, 3.05) is 26.2 Å². The van der Waals surface area contributed by atoms with Crippen molar-refractivity contribution in [1.82, 2.24) is 10.6 Å². The van der Waals surface area contributed by atoms with Gasteiger partial charge in [0.15, 0.2) is 0 Å². The van der Waals surface area contributed by atoms with Gasteiger partial charge in [0.2, 0.25) is 5.91 Å². The first-order valence-electron chi connectivity index (χ1n) is 6.02. The van der Waals surface area contributed by atoms with E-state index in [9.17, 15) is 4.79 Å². The molecule has 100 valence electrons. The van der Waals surface area contributed by atoms with Gasteiger partial charge in [-0.25, -0.2) is 0 Å². The van der Waals surface area contributed by atoms with Crippen molar-refractivity contribution in [2.24, 2.45) is 5.92 Å². The molecule has 5 heteroatoms. The SMILES string of the molecule is Cl.O=C(NCCCOc1ccccc1)C1CNC1. The van der Waals surface area contributed by atoms with Crippen LogP contribution in [0.2, 0.25) is 0 Å². The van der Waals surface area contributed by atoms with Crippen LogP contribution in [-0.2, 0) is 4.79 Å². The molecule has 0 aliphatic carbocycles. The summed E-state index contributed by atoms with van der Waals surface area (Å²) in [7, 11) is 0. The van der Waals surface area contributed by atoms with Crippen LogP contribution in [0.25, 0.3) is 0 Å². The van der Waals surface area contributed by atoms with Crippen molar-refractivity contribution in [3.63, 3.8) is 0 Å². The quantitative estimate of drug-likeness (QED) is 0.764. The number of ether oxygens (including phenoxy) is 1. The molecule has 1 aromatic carbocycles. The van der Waals surface area contributed by atoms with Gasteiger partial charge in [-0.05, 0) is 18.6 Å². The van der Waals surface area contributed by atoms with Gasteiger partial charge in [0.25, 0.3) is 0 Å². The number of benzene rings is 1. The van der Waals surface area contributed by atoms with Crippen molar-refractivity contribution in [3.05, 3.63) is 30.3 Å². The van der Waals surface area contributed by atoms with E-state index in [1.165, 1.54) is 0 Å². The molecule has 0 spiro atoms. The predicted molar refractivity (Wildman–Crippen MR) is 73.2 cm³/mol. The van der Waals surface area contributed by atoms with Crippen LogP contribution in [0.15, 0.2) is 30.3 Å². The Labute approximate surface area is 114 Å². The Morgan fingerprint density at radius 2 is 2.06 bits per heavy atom. The van der Waals surface area contributed by atoms with Crippen LogP contribution in [0, 0.1) is 5.92 Å². The fourth-order valence-corrected chi connectivity index (χ4v) is 1.61. The molecule has 1 fully saturated rings. The van der Waals surface area contributed by atoms with Gasteiger partial charge < -0.3 is 15.4 Å². The van der Waals surface area contributed by atoms with Gasteiger partial charge in [0.05, 0.1) is 12.5 Å². The van der Waals surface area contributed by atoms with E-state index in [0.29, 0.717) is 13.2 Å². The lowest BCUT2D eigenvalue weighted by Crippen LogP contribution is -2.50. The first kappa shape index (κ1) is 14.8. The Morgan fingerprint density at radius 1 is 1.33 bits per heavy atom. The van der Waals surface area contributed by atoms with Crippen molar-refractivity contribution in [3.8, 4) is 5.75 Å². The third-order valence-corrected chi connectivity index (χ3v) is 2.78. The molecule has 0 unspecified atom stereocenters. The summed E-state index contributed by atoms with van der Waals surface area (Å²) in [4.78, 5) is 11.5. The van der Waals surface area contributed by atoms with Crippen molar-refractivity contribution in [2.45, 2.75) is 6.42 Å². The summed E-state index contributed by atoms with van der Waals surface area (Å²) >= 11 is 0. The largest absolute Gasteiger partial charge is 0.494 e. The highest BCUT2D eigenvalue weighted by Gasteiger charge is 2.23. The minimum atomic E-state index is 0. The molecule has 1 saturated heterocycles. The van der Waals surface area contributed by atoms with E-state index in [4.69, 9.17) is 4.74 Å². The molecule has 0 aromatic heterocycles. The molecule has 1 aromatic rings. The Morgan fingerprint density at radius 3 is 2.67 bits per heavy atom. The standard InChI is InChI=1S/C13H18N2O2.ClH/c16-13(11-9-14-10-11)15-7-4-8-17-12-5-2-1-3-6-12;/h1-3,5-6,11,14H,4,7-10H2,(H,15,16);1H. The second kappa shape index (κ2) is 7.95. The van der Waals surface area contributed by atoms with E-state index in [1.54, 1.807) is 0 Å². The molecule has 1 aliphatic rings. The lowest BCUT2D eigenvalue weighted by Gasteiger charge is -2.25. The first-order chi connectivity index (χ1) is 8.36. The number of carbonyl (C=O) groups excluding carboxylic acids is 1. The number of hydrogen-bond acceptors (Lipinski definition) is 3. The molecule has 1 heterocycles. The number of para-hydroxylation sites is 1. The van der Waals surface area contributed by atoms with Crippen LogP contribution in [0.4, 0.5) is 0 Å². The molecule has 1 amide bonds. The van der Waals surface area contributed by atoms with Gasteiger partial charge >= 0.3 is 0 Å². The highest BCUT2D eigenvalue weighted by atomic mass is 35.5. The first-order valence-corrected chi connectivity index (χ1v) is 6.02. The van der Waals surface area contributed by atoms with Crippen LogP contribution in [0.3, 0.4) is 0 Å². The van der Waals surface area contributed by atoms with Crippen LogP contribution >= 0.6 is 12.4 Å². The summed E-state index contributed by atoms with van der Waals surface area (Å²) < 4.78 is 5.52. The van der Waals surface area contributed by atoms with Crippen molar-refractivity contribution < 1.29 is 9.53 Å². The molecule has 2 rings (SSSR count). The fourth-order valence-electron chi connectivity index (χ4n) is 1.61. The molecule has 18 heavy (non-hydrogen) atoms. The summed E-state index contributed by atoms with van der Waals surface area (Å²) in [6.45, 7) is 2.94. The molecular weight excluding hydrogens is 252 g/mol. The van der Waals surface area contributed by atoms with Crippen molar-refractivity contribution in [1.29, 1.82) is 0 Å². The maximum atomic E-state index is 11.5. The normalized spacial score (nSPS) is 14.2. The molecule has 2 N–H and O–H groups in total. The maximum Gasteiger partial charge on any atom is 0.225 e. The monoisotopic (exact) mass is 270 g/mol. The second-order valence-corrected chi connectivity index (χ2v) is 4.16. The van der Waals surface area contributed by atoms with Gasteiger partial charge in [-0.2, -0.15) is 0 Å². The second-order valence-electron chi connectivity index (χ2n) is 4.16. The summed E-state index contributed by atoms with van der Waals surface area (Å²) in [5.41, 5.74) is 0. The number of carbonyl (C=O) groups is 1. The number of rotatable bonds is 6. The van der Waals surface area contributed by atoms with Crippen LogP contribution in [-0.4, -0.2) is 32.1 Å². The summed E-state index contributed by atoms with van der Waals surface area (Å²) in [6.07, 6.45) is 0.834. The van der Waals surface area contributed by atoms with Gasteiger partial charge in [-0.1, -0.05) is 18.2 Å². The van der Waals surface area contributed by atoms with Crippen LogP contribution in [0.5, 0.6) is 5.75 Å². The Bertz CT molecular complexity index is 355. The minimum absolute atomic E-state index is 0. The highest BCUT2D eigenvalue weighted by Crippen LogP contribution is 2.08. The predicted octanol–water partition coefficient (Wildman–Crippen LogP) is 1.21. The third kappa shape index (κ3) is 4.55. The van der Waals surface area contributed by atoms with Gasteiger partial charge in [-0.15, -0.1) is 12.4 Å². The van der Waals surface area contributed by atoms with E-state index in [2.05, 4.69) is 10.6 Å². The van der Waals surface area contributed by atoms with Gasteiger partial charge in [-0.3, -0.25) is 4.79 Å². The zero-order valence-corrected chi connectivity index (χ0v) is 11.0. The zero-order valence-electron chi connectivity index (χ0n) is 10.2. The Kier molecular flexibility index (Phi) is 6.54. The zero-order chi connectivity index (χ0) is 11.9. The molecule has 0 saturated carbocycles. The van der Waals surface area contributed by atoms with Crippen LogP contribution in [0.1, 0.15) is 6.42 Å². The van der Waals surface area contributed by atoms with E-state index in [-0.39, 0.29) is 24.2 Å². The number of halogens is 1. The van der Waals surface area contributed by atoms with E-state index in [0.717, 1.165) is 25.3 Å². The maximum absolute atomic E-state index is 11.5. The smallest absolute Gasteiger partial charge is 0.225 e. The average Bonchev–Trinajstić information content (AvgIpc) is 2.27. The third-order valence-electron chi connectivity index (χ3n) is 2.78. The fraction of sp³-hybridized carbons (Fsp3) is 0.462. The molecule has 0 radical (unpaired) electrons. The summed E-state index contributed by atoms with van der Waals surface area (Å²) in [6, 6.07) is 9.71. The number of amides is 1. The summed E-state index contributed by atoms with van der Waals surface area (Å²) in [5.74, 6) is 1.20. The van der Waals surface area contributed by atoms with E-state index >= 15 is 0 Å². The lowest BCUT2D eigenvalue weighted by atomic mass is 10.0. The van der Waals surface area contributed by atoms with Crippen LogP contribution < -0.4 is 15.4 Å².